The molecule has 0 saturated carbocycles. The number of nitrogens with zero attached hydrogens (tertiary/aromatic N) is 2. The number of piperazine rings is 1. The maximum Gasteiger partial charge on any atom is 0.263 e. The zero-order valence-corrected chi connectivity index (χ0v) is 16.3. The lowest BCUT2D eigenvalue weighted by Crippen LogP contribution is -2.52. The van der Waals surface area contributed by atoms with Gasteiger partial charge in [-0.1, -0.05) is 29.8 Å². The van der Waals surface area contributed by atoms with Gasteiger partial charge in [0.15, 0.2) is 6.10 Å². The largest absolute Gasteiger partial charge is 0.481 e. The van der Waals surface area contributed by atoms with Crippen LogP contribution in [-0.2, 0) is 4.79 Å². The number of hydrogen-bond acceptors (Lipinski definition) is 3. The highest BCUT2D eigenvalue weighted by Gasteiger charge is 2.26. The maximum absolute atomic E-state index is 12.7. The number of benzene rings is 2. The highest BCUT2D eigenvalue weighted by atomic mass is 35.5. The molecule has 1 aliphatic rings. The van der Waals surface area contributed by atoms with E-state index < -0.39 is 6.10 Å². The van der Waals surface area contributed by atoms with Gasteiger partial charge in [0.1, 0.15) is 5.75 Å². The van der Waals surface area contributed by atoms with Crippen LogP contribution in [0.15, 0.2) is 42.5 Å². The molecule has 2 aromatic rings. The van der Waals surface area contributed by atoms with Gasteiger partial charge >= 0.3 is 0 Å². The predicted molar refractivity (Wildman–Crippen MR) is 106 cm³/mol. The zero-order chi connectivity index (χ0) is 18.7. The number of rotatable bonds is 4. The van der Waals surface area contributed by atoms with Crippen molar-refractivity contribution in [1.29, 1.82) is 0 Å². The van der Waals surface area contributed by atoms with Gasteiger partial charge in [0.25, 0.3) is 5.91 Å². The molecule has 1 aliphatic heterocycles. The monoisotopic (exact) mass is 372 g/mol. The molecule has 26 heavy (non-hydrogen) atoms. The Bertz CT molecular complexity index is 785. The molecule has 0 spiro atoms. The Morgan fingerprint density at radius 2 is 1.81 bits per heavy atom. The van der Waals surface area contributed by atoms with E-state index in [9.17, 15) is 4.79 Å². The Morgan fingerprint density at radius 1 is 1.08 bits per heavy atom. The Hall–Kier alpha value is -2.20. The molecule has 0 N–H and O–H groups in total. The molecule has 1 saturated heterocycles. The van der Waals surface area contributed by atoms with Gasteiger partial charge in [0.2, 0.25) is 0 Å². The number of carbonyl (C=O) groups is 1. The van der Waals surface area contributed by atoms with Crippen LogP contribution in [0.1, 0.15) is 18.1 Å². The van der Waals surface area contributed by atoms with Crippen LogP contribution in [0.2, 0.25) is 5.02 Å². The molecule has 2 aromatic carbocycles. The van der Waals surface area contributed by atoms with E-state index in [2.05, 4.69) is 11.8 Å². The highest BCUT2D eigenvalue weighted by Crippen LogP contribution is 2.25. The summed E-state index contributed by atoms with van der Waals surface area (Å²) >= 11 is 6.14. The number of hydrogen-bond donors (Lipinski definition) is 0. The first-order valence-corrected chi connectivity index (χ1v) is 9.35. The third-order valence-electron chi connectivity index (χ3n) is 4.75. The van der Waals surface area contributed by atoms with Gasteiger partial charge in [-0.2, -0.15) is 0 Å². The Morgan fingerprint density at radius 3 is 2.50 bits per heavy atom. The normalized spacial score (nSPS) is 15.7. The molecular weight excluding hydrogens is 348 g/mol. The zero-order valence-electron chi connectivity index (χ0n) is 15.5. The molecule has 1 amide bonds. The van der Waals surface area contributed by atoms with Crippen molar-refractivity contribution in [3.05, 3.63) is 58.6 Å². The highest BCUT2D eigenvalue weighted by molar-refractivity contribution is 6.30. The molecular formula is C21H25ClN2O2. The van der Waals surface area contributed by atoms with Crippen LogP contribution in [0.3, 0.4) is 0 Å². The SMILES string of the molecule is Cc1cccc(O[C@H](C)C(=O)N2CCN(c3cc(Cl)ccc3C)CC2)c1. The van der Waals surface area contributed by atoms with Gasteiger partial charge in [-0.05, 0) is 56.2 Å². The van der Waals surface area contributed by atoms with Crippen LogP contribution < -0.4 is 9.64 Å². The summed E-state index contributed by atoms with van der Waals surface area (Å²) < 4.78 is 5.83. The van der Waals surface area contributed by atoms with Crippen molar-refractivity contribution in [3.63, 3.8) is 0 Å². The predicted octanol–water partition coefficient (Wildman–Crippen LogP) is 4.07. The van der Waals surface area contributed by atoms with Crippen LogP contribution >= 0.6 is 11.6 Å². The first-order chi connectivity index (χ1) is 12.4. The van der Waals surface area contributed by atoms with Crippen LogP contribution in [0, 0.1) is 13.8 Å². The molecule has 138 valence electrons. The van der Waals surface area contributed by atoms with Gasteiger partial charge in [0.05, 0.1) is 0 Å². The topological polar surface area (TPSA) is 32.8 Å². The van der Waals surface area contributed by atoms with Crippen LogP contribution in [0.4, 0.5) is 5.69 Å². The molecule has 1 heterocycles. The van der Waals surface area contributed by atoms with Crippen molar-refractivity contribution in [3.8, 4) is 5.75 Å². The quantitative estimate of drug-likeness (QED) is 0.810. The number of amides is 1. The first-order valence-electron chi connectivity index (χ1n) is 8.97. The molecule has 0 aliphatic carbocycles. The Labute approximate surface area is 160 Å². The third kappa shape index (κ3) is 4.31. The fourth-order valence-electron chi connectivity index (χ4n) is 3.29. The average Bonchev–Trinajstić information content (AvgIpc) is 2.63. The fraction of sp³-hybridized carbons (Fsp3) is 0.381. The van der Waals surface area contributed by atoms with Crippen LogP contribution in [0.25, 0.3) is 0 Å². The van der Waals surface area contributed by atoms with Crippen LogP contribution in [-0.4, -0.2) is 43.1 Å². The Balaban J connectivity index is 1.58. The molecule has 0 radical (unpaired) electrons. The Kier molecular flexibility index (Phi) is 5.72. The molecule has 5 heteroatoms. The van der Waals surface area contributed by atoms with Gasteiger partial charge in [-0.15, -0.1) is 0 Å². The fourth-order valence-corrected chi connectivity index (χ4v) is 3.46. The third-order valence-corrected chi connectivity index (χ3v) is 4.99. The number of ether oxygens (including phenoxy) is 1. The summed E-state index contributed by atoms with van der Waals surface area (Å²) in [4.78, 5) is 16.9. The van der Waals surface area contributed by atoms with Crippen molar-refractivity contribution in [2.45, 2.75) is 26.9 Å². The molecule has 0 unspecified atom stereocenters. The van der Waals surface area contributed by atoms with E-state index in [0.29, 0.717) is 13.1 Å². The molecule has 1 fully saturated rings. The second kappa shape index (κ2) is 8.00. The first kappa shape index (κ1) is 18.6. The van der Waals surface area contributed by atoms with E-state index in [-0.39, 0.29) is 5.91 Å². The van der Waals surface area contributed by atoms with Gasteiger partial charge in [-0.25, -0.2) is 0 Å². The second-order valence-electron chi connectivity index (χ2n) is 6.82. The number of carbonyl (C=O) groups excluding carboxylic acids is 1. The molecule has 1 atom stereocenters. The number of aryl methyl sites for hydroxylation is 2. The van der Waals surface area contributed by atoms with Crippen molar-refractivity contribution >= 4 is 23.2 Å². The molecule has 0 aromatic heterocycles. The minimum Gasteiger partial charge on any atom is -0.481 e. The summed E-state index contributed by atoms with van der Waals surface area (Å²) in [7, 11) is 0. The van der Waals surface area contributed by atoms with Crippen molar-refractivity contribution < 1.29 is 9.53 Å². The summed E-state index contributed by atoms with van der Waals surface area (Å²) in [6.45, 7) is 8.88. The summed E-state index contributed by atoms with van der Waals surface area (Å²) in [5.74, 6) is 0.771. The van der Waals surface area contributed by atoms with Crippen molar-refractivity contribution in [1.82, 2.24) is 4.90 Å². The van der Waals surface area contributed by atoms with E-state index in [1.54, 1.807) is 0 Å². The molecule has 0 bridgehead atoms. The lowest BCUT2D eigenvalue weighted by Gasteiger charge is -2.37. The number of halogens is 1. The van der Waals surface area contributed by atoms with E-state index in [1.807, 2.05) is 61.2 Å². The van der Waals surface area contributed by atoms with E-state index in [1.165, 1.54) is 5.56 Å². The lowest BCUT2D eigenvalue weighted by atomic mass is 10.1. The van der Waals surface area contributed by atoms with Gasteiger partial charge in [0, 0.05) is 36.9 Å². The maximum atomic E-state index is 12.7. The summed E-state index contributed by atoms with van der Waals surface area (Å²) in [6.07, 6.45) is -0.490. The minimum absolute atomic E-state index is 0.0361. The smallest absolute Gasteiger partial charge is 0.263 e. The van der Waals surface area contributed by atoms with Crippen molar-refractivity contribution in [2.24, 2.45) is 0 Å². The van der Waals surface area contributed by atoms with Gasteiger partial charge < -0.3 is 14.5 Å². The number of anilines is 1. The van der Waals surface area contributed by atoms with E-state index in [0.717, 1.165) is 35.1 Å². The molecule has 3 rings (SSSR count). The standard InChI is InChI=1S/C21H25ClN2O2/c1-15-5-4-6-19(13-15)26-17(3)21(25)24-11-9-23(10-12-24)20-14-18(22)8-7-16(20)2/h4-8,13-14,17H,9-12H2,1-3H3/t17-/m1/s1. The lowest BCUT2D eigenvalue weighted by molar-refractivity contribution is -0.138. The van der Waals surface area contributed by atoms with E-state index in [4.69, 9.17) is 16.3 Å². The molecule has 4 nitrogen and oxygen atoms in total. The second-order valence-corrected chi connectivity index (χ2v) is 7.26. The summed E-state index contributed by atoms with van der Waals surface area (Å²) in [5, 5.41) is 0.740. The average molecular weight is 373 g/mol. The van der Waals surface area contributed by atoms with Gasteiger partial charge in [-0.3, -0.25) is 4.79 Å². The van der Waals surface area contributed by atoms with Crippen molar-refractivity contribution in [2.75, 3.05) is 31.1 Å². The summed E-state index contributed by atoms with van der Waals surface area (Å²) in [5.41, 5.74) is 3.46. The minimum atomic E-state index is -0.490. The van der Waals surface area contributed by atoms with E-state index >= 15 is 0 Å². The summed E-state index contributed by atoms with van der Waals surface area (Å²) in [6, 6.07) is 13.7. The van der Waals surface area contributed by atoms with Crippen LogP contribution in [0.5, 0.6) is 5.75 Å².